The van der Waals surface area contributed by atoms with Crippen LogP contribution in [-0.2, 0) is 0 Å². The van der Waals surface area contributed by atoms with Crippen molar-refractivity contribution in [2.75, 3.05) is 0 Å². The van der Waals surface area contributed by atoms with Gasteiger partial charge in [-0.25, -0.2) is 9.37 Å². The summed E-state index contributed by atoms with van der Waals surface area (Å²) in [6, 6.07) is 4.31. The molecule has 1 N–H and O–H groups in total. The smallest absolute Gasteiger partial charge is 0.261 e. The predicted octanol–water partition coefficient (Wildman–Crippen LogP) is 3.64. The maximum absolute atomic E-state index is 13.2. The summed E-state index contributed by atoms with van der Waals surface area (Å²) in [6.45, 7) is 5.31. The van der Waals surface area contributed by atoms with Crippen molar-refractivity contribution in [2.24, 2.45) is 0 Å². The van der Waals surface area contributed by atoms with Gasteiger partial charge in [0, 0.05) is 4.90 Å². The van der Waals surface area contributed by atoms with E-state index in [-0.39, 0.29) is 5.82 Å². The van der Waals surface area contributed by atoms with Crippen molar-refractivity contribution in [2.45, 2.75) is 37.0 Å². The van der Waals surface area contributed by atoms with Crippen LogP contribution in [0, 0.1) is 19.7 Å². The fourth-order valence-electron chi connectivity index (χ4n) is 1.52. The Balaban J connectivity index is 2.33. The van der Waals surface area contributed by atoms with E-state index in [2.05, 4.69) is 4.98 Å². The van der Waals surface area contributed by atoms with Gasteiger partial charge in [-0.2, -0.15) is 0 Å². The Morgan fingerprint density at radius 3 is 2.67 bits per heavy atom. The van der Waals surface area contributed by atoms with Crippen LogP contribution in [0.25, 0.3) is 0 Å². The molecule has 1 aromatic carbocycles. The Bertz CT molecular complexity index is 547. The average Bonchev–Trinajstić information content (AvgIpc) is 2.60. The second-order valence-electron chi connectivity index (χ2n) is 4.08. The molecule has 2 rings (SSSR count). The molecule has 2 aromatic rings. The summed E-state index contributed by atoms with van der Waals surface area (Å²) >= 11 is 1.28. The quantitative estimate of drug-likeness (QED) is 0.922. The van der Waals surface area contributed by atoms with Crippen molar-refractivity contribution in [3.05, 3.63) is 41.0 Å². The lowest BCUT2D eigenvalue weighted by atomic mass is 10.1. The van der Waals surface area contributed by atoms with E-state index in [1.54, 1.807) is 13.0 Å². The van der Waals surface area contributed by atoms with Crippen LogP contribution in [0.1, 0.15) is 30.0 Å². The summed E-state index contributed by atoms with van der Waals surface area (Å²) in [5, 5.41) is 10.1. The molecule has 0 aliphatic carbocycles. The van der Waals surface area contributed by atoms with Crippen LogP contribution in [0.4, 0.5) is 4.39 Å². The Kier molecular flexibility index (Phi) is 3.73. The van der Waals surface area contributed by atoms with Gasteiger partial charge in [0.05, 0.1) is 11.8 Å². The van der Waals surface area contributed by atoms with Gasteiger partial charge >= 0.3 is 0 Å². The SMILES string of the molecule is Cc1nc(Sc2ccc(F)cc2[C@@H](C)O)oc1C. The number of hydrogen-bond acceptors (Lipinski definition) is 4. The summed E-state index contributed by atoms with van der Waals surface area (Å²) in [6.07, 6.45) is -0.736. The molecule has 0 aliphatic rings. The largest absolute Gasteiger partial charge is 0.436 e. The highest BCUT2D eigenvalue weighted by Crippen LogP contribution is 2.34. The van der Waals surface area contributed by atoms with Gasteiger partial charge < -0.3 is 9.52 Å². The third-order valence-electron chi connectivity index (χ3n) is 2.63. The van der Waals surface area contributed by atoms with Gasteiger partial charge in [0.25, 0.3) is 5.22 Å². The predicted molar refractivity (Wildman–Crippen MR) is 67.1 cm³/mol. The first-order valence-corrected chi connectivity index (χ1v) is 6.38. The van der Waals surface area contributed by atoms with Crippen molar-refractivity contribution >= 4 is 11.8 Å². The normalized spacial score (nSPS) is 12.7. The van der Waals surface area contributed by atoms with Crippen LogP contribution in [0.2, 0.25) is 0 Å². The molecule has 0 amide bonds. The molecule has 5 heteroatoms. The van der Waals surface area contributed by atoms with Crippen molar-refractivity contribution in [1.29, 1.82) is 0 Å². The lowest BCUT2D eigenvalue weighted by Crippen LogP contribution is -1.95. The van der Waals surface area contributed by atoms with E-state index in [1.807, 2.05) is 13.8 Å². The van der Waals surface area contributed by atoms with Gasteiger partial charge in [-0.1, -0.05) is 0 Å². The monoisotopic (exact) mass is 267 g/mol. The van der Waals surface area contributed by atoms with Crippen LogP contribution in [-0.4, -0.2) is 10.1 Å². The molecule has 0 spiro atoms. The van der Waals surface area contributed by atoms with E-state index in [0.29, 0.717) is 10.8 Å². The highest BCUT2D eigenvalue weighted by molar-refractivity contribution is 7.99. The lowest BCUT2D eigenvalue weighted by Gasteiger charge is -2.09. The fourth-order valence-corrected chi connectivity index (χ4v) is 2.54. The summed E-state index contributed by atoms with van der Waals surface area (Å²) < 4.78 is 18.6. The third kappa shape index (κ3) is 2.73. The molecule has 0 saturated heterocycles. The maximum atomic E-state index is 13.2. The summed E-state index contributed by atoms with van der Waals surface area (Å²) in [5.41, 5.74) is 1.37. The van der Waals surface area contributed by atoms with E-state index in [4.69, 9.17) is 4.42 Å². The van der Waals surface area contributed by atoms with Crippen molar-refractivity contribution < 1.29 is 13.9 Å². The lowest BCUT2D eigenvalue weighted by molar-refractivity contribution is 0.196. The highest BCUT2D eigenvalue weighted by Gasteiger charge is 2.14. The number of nitrogens with zero attached hydrogens (tertiary/aromatic N) is 1. The first kappa shape index (κ1) is 13.1. The van der Waals surface area contributed by atoms with Crippen molar-refractivity contribution in [3.8, 4) is 0 Å². The Hall–Kier alpha value is -1.33. The van der Waals surface area contributed by atoms with E-state index in [1.165, 1.54) is 23.9 Å². The summed E-state index contributed by atoms with van der Waals surface area (Å²) in [4.78, 5) is 4.99. The minimum atomic E-state index is -0.736. The molecule has 0 fully saturated rings. The zero-order chi connectivity index (χ0) is 13.3. The second kappa shape index (κ2) is 5.12. The number of aromatic nitrogens is 1. The Morgan fingerprint density at radius 1 is 1.39 bits per heavy atom. The maximum Gasteiger partial charge on any atom is 0.261 e. The van der Waals surface area contributed by atoms with Crippen LogP contribution < -0.4 is 0 Å². The number of benzene rings is 1. The number of oxazole rings is 1. The molecule has 1 aromatic heterocycles. The van der Waals surface area contributed by atoms with Crippen LogP contribution in [0.3, 0.4) is 0 Å². The minimum Gasteiger partial charge on any atom is -0.436 e. The first-order chi connectivity index (χ1) is 8.47. The van der Waals surface area contributed by atoms with Gasteiger partial charge in [-0.05, 0) is 56.3 Å². The molecule has 18 heavy (non-hydrogen) atoms. The fraction of sp³-hybridized carbons (Fsp3) is 0.308. The molecule has 96 valence electrons. The first-order valence-electron chi connectivity index (χ1n) is 5.56. The number of aliphatic hydroxyl groups excluding tert-OH is 1. The van der Waals surface area contributed by atoms with Gasteiger partial charge in [-0.15, -0.1) is 0 Å². The second-order valence-corrected chi connectivity index (χ2v) is 5.07. The van der Waals surface area contributed by atoms with E-state index < -0.39 is 6.10 Å². The molecule has 0 aliphatic heterocycles. The molecule has 1 heterocycles. The highest BCUT2D eigenvalue weighted by atomic mass is 32.2. The molecular weight excluding hydrogens is 253 g/mol. The van der Waals surface area contributed by atoms with Crippen LogP contribution in [0.15, 0.2) is 32.7 Å². The summed E-state index contributed by atoms with van der Waals surface area (Å²) in [5.74, 6) is 0.397. The molecule has 0 saturated carbocycles. The topological polar surface area (TPSA) is 46.3 Å². The molecular formula is C13H14FNO2S. The van der Waals surface area contributed by atoms with Gasteiger partial charge in [0.2, 0.25) is 0 Å². The average molecular weight is 267 g/mol. The zero-order valence-electron chi connectivity index (χ0n) is 10.4. The van der Waals surface area contributed by atoms with E-state index >= 15 is 0 Å². The Labute approximate surface area is 109 Å². The van der Waals surface area contributed by atoms with Crippen molar-refractivity contribution in [1.82, 2.24) is 4.98 Å². The van der Waals surface area contributed by atoms with E-state index in [0.717, 1.165) is 16.3 Å². The molecule has 0 radical (unpaired) electrons. The number of aryl methyl sites for hydroxylation is 2. The van der Waals surface area contributed by atoms with Crippen molar-refractivity contribution in [3.63, 3.8) is 0 Å². The number of aliphatic hydroxyl groups is 1. The Morgan fingerprint density at radius 2 is 2.11 bits per heavy atom. The standard InChI is InChI=1S/C13H14FNO2S/c1-7-9(3)17-13(15-7)18-12-5-4-10(14)6-11(12)8(2)16/h4-6,8,16H,1-3H3/t8-/m1/s1. The zero-order valence-corrected chi connectivity index (χ0v) is 11.2. The molecule has 3 nitrogen and oxygen atoms in total. The van der Waals surface area contributed by atoms with Crippen LogP contribution in [0.5, 0.6) is 0 Å². The number of hydrogen-bond donors (Lipinski definition) is 1. The van der Waals surface area contributed by atoms with Gasteiger partial charge in [0.1, 0.15) is 11.6 Å². The van der Waals surface area contributed by atoms with E-state index in [9.17, 15) is 9.50 Å². The van der Waals surface area contributed by atoms with Gasteiger partial charge in [-0.3, -0.25) is 0 Å². The number of halogens is 1. The molecule has 0 bridgehead atoms. The van der Waals surface area contributed by atoms with Gasteiger partial charge in [0.15, 0.2) is 0 Å². The third-order valence-corrected chi connectivity index (χ3v) is 3.57. The van der Waals surface area contributed by atoms with Crippen LogP contribution >= 0.6 is 11.8 Å². The molecule has 0 unspecified atom stereocenters. The number of rotatable bonds is 3. The molecule has 1 atom stereocenters. The summed E-state index contributed by atoms with van der Waals surface area (Å²) in [7, 11) is 0. The minimum absolute atomic E-state index is 0.366.